The molecule has 2 N–H and O–H groups in total. The van der Waals surface area contributed by atoms with Gasteiger partial charge in [-0.05, 0) is 32.1 Å². The number of primary amides is 1. The zero-order chi connectivity index (χ0) is 26.2. The van der Waals surface area contributed by atoms with Crippen molar-refractivity contribution in [3.8, 4) is 0 Å². The van der Waals surface area contributed by atoms with E-state index in [4.69, 9.17) is 5.73 Å². The van der Waals surface area contributed by atoms with Gasteiger partial charge in [-0.1, -0.05) is 173 Å². The maximum atomic E-state index is 10.7. The first-order valence-corrected chi connectivity index (χ1v) is 16.7. The van der Waals surface area contributed by atoms with E-state index in [9.17, 15) is 4.79 Å². The SMILES string of the molecule is CCCCCCCCCCCCCCCCCCCCCCCCC=CCCCCCCCC(N)=O. The zero-order valence-corrected chi connectivity index (χ0v) is 24.9. The van der Waals surface area contributed by atoms with Crippen molar-refractivity contribution in [1.82, 2.24) is 0 Å². The van der Waals surface area contributed by atoms with Gasteiger partial charge in [0.05, 0.1) is 0 Å². The number of hydrogen-bond donors (Lipinski definition) is 1. The Labute approximate surface area is 228 Å². The molecule has 0 radical (unpaired) electrons. The number of carbonyl (C=O) groups is 1. The second-order valence-corrected chi connectivity index (χ2v) is 11.5. The van der Waals surface area contributed by atoms with Gasteiger partial charge in [0.25, 0.3) is 0 Å². The molecule has 36 heavy (non-hydrogen) atoms. The summed E-state index contributed by atoms with van der Waals surface area (Å²) >= 11 is 0. The lowest BCUT2D eigenvalue weighted by molar-refractivity contribution is -0.118. The van der Waals surface area contributed by atoms with Crippen molar-refractivity contribution in [2.45, 2.75) is 200 Å². The van der Waals surface area contributed by atoms with Crippen LogP contribution in [0.25, 0.3) is 0 Å². The smallest absolute Gasteiger partial charge is 0.217 e. The fourth-order valence-electron chi connectivity index (χ4n) is 5.20. The topological polar surface area (TPSA) is 43.1 Å². The van der Waals surface area contributed by atoms with Gasteiger partial charge in [-0.3, -0.25) is 4.79 Å². The van der Waals surface area contributed by atoms with Crippen molar-refractivity contribution in [3.63, 3.8) is 0 Å². The summed E-state index contributed by atoms with van der Waals surface area (Å²) in [5, 5.41) is 0. The van der Waals surface area contributed by atoms with Crippen molar-refractivity contribution in [2.75, 3.05) is 0 Å². The van der Waals surface area contributed by atoms with Gasteiger partial charge in [0.1, 0.15) is 0 Å². The number of carbonyl (C=O) groups excluding carboxylic acids is 1. The summed E-state index contributed by atoms with van der Waals surface area (Å²) in [4.78, 5) is 10.7. The number of unbranched alkanes of at least 4 members (excludes halogenated alkanes) is 27. The molecule has 0 saturated heterocycles. The molecular weight excluding hydrogens is 438 g/mol. The molecule has 0 unspecified atom stereocenters. The minimum absolute atomic E-state index is 0.159. The molecule has 0 spiro atoms. The summed E-state index contributed by atoms with van der Waals surface area (Å²) in [6, 6.07) is 0. The molecule has 0 aliphatic heterocycles. The van der Waals surface area contributed by atoms with Crippen LogP contribution in [0, 0.1) is 0 Å². The minimum Gasteiger partial charge on any atom is -0.370 e. The summed E-state index contributed by atoms with van der Waals surface area (Å²) in [5.74, 6) is -0.159. The van der Waals surface area contributed by atoms with Gasteiger partial charge in [0.15, 0.2) is 0 Å². The number of hydrogen-bond acceptors (Lipinski definition) is 1. The van der Waals surface area contributed by atoms with E-state index in [-0.39, 0.29) is 5.91 Å². The van der Waals surface area contributed by atoms with E-state index in [0.717, 1.165) is 12.8 Å². The molecule has 0 saturated carbocycles. The monoisotopic (exact) mass is 506 g/mol. The lowest BCUT2D eigenvalue weighted by Crippen LogP contribution is -2.09. The van der Waals surface area contributed by atoms with Crippen molar-refractivity contribution in [3.05, 3.63) is 12.2 Å². The molecule has 2 heteroatoms. The maximum Gasteiger partial charge on any atom is 0.217 e. The average molecular weight is 506 g/mol. The third-order valence-electron chi connectivity index (χ3n) is 7.68. The Morgan fingerprint density at radius 3 is 0.944 bits per heavy atom. The van der Waals surface area contributed by atoms with Gasteiger partial charge in [0.2, 0.25) is 5.91 Å². The highest BCUT2D eigenvalue weighted by Gasteiger charge is 1.96. The summed E-state index contributed by atoms with van der Waals surface area (Å²) in [7, 11) is 0. The molecule has 0 aliphatic rings. The summed E-state index contributed by atoms with van der Waals surface area (Å²) < 4.78 is 0. The molecular formula is C34H67NO. The molecule has 0 bridgehead atoms. The Hall–Kier alpha value is -0.790. The molecule has 0 aromatic heterocycles. The van der Waals surface area contributed by atoms with E-state index in [2.05, 4.69) is 19.1 Å². The van der Waals surface area contributed by atoms with E-state index >= 15 is 0 Å². The van der Waals surface area contributed by atoms with Crippen LogP contribution >= 0.6 is 0 Å². The molecule has 0 rings (SSSR count). The minimum atomic E-state index is -0.159. The fraction of sp³-hybridized carbons (Fsp3) is 0.912. The van der Waals surface area contributed by atoms with Crippen LogP contribution in [0.5, 0.6) is 0 Å². The van der Waals surface area contributed by atoms with Gasteiger partial charge < -0.3 is 5.73 Å². The van der Waals surface area contributed by atoms with Crippen LogP contribution in [0.4, 0.5) is 0 Å². The van der Waals surface area contributed by atoms with Gasteiger partial charge in [-0.15, -0.1) is 0 Å². The number of allylic oxidation sites excluding steroid dienone is 2. The van der Waals surface area contributed by atoms with Crippen molar-refractivity contribution < 1.29 is 4.79 Å². The van der Waals surface area contributed by atoms with Crippen LogP contribution in [0.2, 0.25) is 0 Å². The van der Waals surface area contributed by atoms with Crippen LogP contribution in [-0.2, 0) is 4.79 Å². The summed E-state index contributed by atoms with van der Waals surface area (Å²) in [6.07, 6.45) is 45.7. The van der Waals surface area contributed by atoms with Crippen LogP contribution < -0.4 is 5.73 Å². The Morgan fingerprint density at radius 1 is 0.417 bits per heavy atom. The normalized spacial score (nSPS) is 11.6. The lowest BCUT2D eigenvalue weighted by atomic mass is 10.0. The first kappa shape index (κ1) is 35.2. The second-order valence-electron chi connectivity index (χ2n) is 11.5. The molecule has 0 aromatic rings. The van der Waals surface area contributed by atoms with Crippen LogP contribution in [0.15, 0.2) is 12.2 Å². The fourth-order valence-corrected chi connectivity index (χ4v) is 5.20. The third kappa shape index (κ3) is 33.2. The van der Waals surface area contributed by atoms with Crippen LogP contribution in [0.1, 0.15) is 200 Å². The lowest BCUT2D eigenvalue weighted by Gasteiger charge is -2.04. The molecule has 0 aromatic carbocycles. The first-order chi connectivity index (χ1) is 17.8. The first-order valence-electron chi connectivity index (χ1n) is 16.7. The molecule has 0 heterocycles. The highest BCUT2D eigenvalue weighted by molar-refractivity contribution is 5.73. The van der Waals surface area contributed by atoms with Crippen molar-refractivity contribution in [2.24, 2.45) is 5.73 Å². The highest BCUT2D eigenvalue weighted by atomic mass is 16.1. The number of amides is 1. The summed E-state index contributed by atoms with van der Waals surface area (Å²) in [6.45, 7) is 2.30. The van der Waals surface area contributed by atoms with Crippen molar-refractivity contribution >= 4 is 5.91 Å². The van der Waals surface area contributed by atoms with E-state index in [1.807, 2.05) is 0 Å². The zero-order valence-electron chi connectivity index (χ0n) is 24.9. The molecule has 0 fully saturated rings. The third-order valence-corrected chi connectivity index (χ3v) is 7.68. The van der Waals surface area contributed by atoms with Gasteiger partial charge in [0, 0.05) is 6.42 Å². The van der Waals surface area contributed by atoms with Gasteiger partial charge in [-0.2, -0.15) is 0 Å². The Morgan fingerprint density at radius 2 is 0.667 bits per heavy atom. The second kappa shape index (κ2) is 32.2. The van der Waals surface area contributed by atoms with E-state index < -0.39 is 0 Å². The molecule has 0 atom stereocenters. The number of rotatable bonds is 31. The quantitative estimate of drug-likeness (QED) is 0.0738. The Kier molecular flexibility index (Phi) is 31.5. The summed E-state index contributed by atoms with van der Waals surface area (Å²) in [5.41, 5.74) is 5.16. The van der Waals surface area contributed by atoms with Crippen molar-refractivity contribution in [1.29, 1.82) is 0 Å². The van der Waals surface area contributed by atoms with Gasteiger partial charge >= 0.3 is 0 Å². The standard InChI is InChI=1S/C34H67NO/c1-2-3-4-5-6-7-8-9-10-11-12-13-14-15-16-17-18-19-20-21-22-23-24-25-26-27-28-29-30-31-32-33-34(35)36/h25-26H,2-24,27-33H2,1H3,(H2,35,36). The predicted molar refractivity (Wildman–Crippen MR) is 163 cm³/mol. The molecule has 214 valence electrons. The van der Waals surface area contributed by atoms with E-state index in [1.165, 1.54) is 173 Å². The van der Waals surface area contributed by atoms with Gasteiger partial charge in [-0.25, -0.2) is 0 Å². The van der Waals surface area contributed by atoms with Crippen LogP contribution in [0.3, 0.4) is 0 Å². The van der Waals surface area contributed by atoms with E-state index in [0.29, 0.717) is 6.42 Å². The maximum absolute atomic E-state index is 10.7. The average Bonchev–Trinajstić information content (AvgIpc) is 2.87. The van der Waals surface area contributed by atoms with E-state index in [1.54, 1.807) is 0 Å². The molecule has 1 amide bonds. The number of nitrogens with two attached hydrogens (primary N) is 1. The van der Waals surface area contributed by atoms with Crippen LogP contribution in [-0.4, -0.2) is 5.91 Å². The largest absolute Gasteiger partial charge is 0.370 e. The predicted octanol–water partition coefficient (Wildman–Crippen LogP) is 11.8. The highest BCUT2D eigenvalue weighted by Crippen LogP contribution is 2.15. The Bertz CT molecular complexity index is 444. The Balaban J connectivity index is 3.07. The molecule has 2 nitrogen and oxygen atoms in total. The molecule has 0 aliphatic carbocycles.